The van der Waals surface area contributed by atoms with Gasteiger partial charge >= 0.3 is 0 Å². The number of anilines is 1. The van der Waals surface area contributed by atoms with Crippen LogP contribution in [-0.4, -0.2) is 46.1 Å². The van der Waals surface area contributed by atoms with E-state index in [1.165, 1.54) is 11.3 Å². The van der Waals surface area contributed by atoms with Crippen LogP contribution in [0.3, 0.4) is 0 Å². The van der Waals surface area contributed by atoms with Gasteiger partial charge in [0.25, 0.3) is 0 Å². The van der Waals surface area contributed by atoms with Crippen LogP contribution in [0.2, 0.25) is 0 Å². The van der Waals surface area contributed by atoms with Gasteiger partial charge in [-0.05, 0) is 19.8 Å². The third kappa shape index (κ3) is 4.09. The molecule has 2 fully saturated rings. The van der Waals surface area contributed by atoms with Gasteiger partial charge in [-0.2, -0.15) is 4.98 Å². The van der Waals surface area contributed by atoms with E-state index in [9.17, 15) is 8.78 Å². The molecule has 1 saturated carbocycles. The monoisotopic (exact) mass is 381 g/mol. The van der Waals surface area contributed by atoms with Crippen LogP contribution in [0.5, 0.6) is 5.88 Å². The Labute approximate surface area is 154 Å². The number of thiazole rings is 1. The molecule has 4 rings (SSSR count). The number of nitrogens with one attached hydrogen (secondary N) is 2. The molecule has 6 nitrogen and oxygen atoms in total. The molecule has 2 aromatic heterocycles. The van der Waals surface area contributed by atoms with Crippen LogP contribution in [0.1, 0.15) is 31.4 Å². The second-order valence-corrected chi connectivity index (χ2v) is 7.74. The van der Waals surface area contributed by atoms with E-state index in [1.807, 2.05) is 12.3 Å². The molecule has 1 saturated heterocycles. The summed E-state index contributed by atoms with van der Waals surface area (Å²) in [5.41, 5.74) is 0.909. The van der Waals surface area contributed by atoms with E-state index in [0.717, 1.165) is 23.8 Å². The molecule has 2 aromatic rings. The Kier molecular flexibility index (Phi) is 4.74. The maximum atomic E-state index is 13.4. The number of aryl methyl sites for hydroxylation is 1. The van der Waals surface area contributed by atoms with Crippen LogP contribution in [0.15, 0.2) is 11.4 Å². The first-order valence-electron chi connectivity index (χ1n) is 8.80. The lowest BCUT2D eigenvalue weighted by Gasteiger charge is -2.29. The molecule has 9 heteroatoms. The summed E-state index contributed by atoms with van der Waals surface area (Å²) < 4.78 is 32.6. The molecule has 2 N–H and O–H groups in total. The Morgan fingerprint density at radius 2 is 2.00 bits per heavy atom. The van der Waals surface area contributed by atoms with Crippen molar-refractivity contribution in [3.63, 3.8) is 0 Å². The fraction of sp³-hybridized carbons (Fsp3) is 0.588. The summed E-state index contributed by atoms with van der Waals surface area (Å²) in [6, 6.07) is 1.73. The Hall–Kier alpha value is -1.87. The summed E-state index contributed by atoms with van der Waals surface area (Å²) in [4.78, 5) is 13.5. The minimum absolute atomic E-state index is 0.0198. The van der Waals surface area contributed by atoms with Crippen LogP contribution in [0, 0.1) is 6.92 Å². The standard InChI is InChI=1S/C17H21F2N5OS/c1-10-9-26-16(21-10)15-23-13(6-14(24-15)25-12-7-20-8-12)22-11-2-4-17(18,19)5-3-11/h6,9,11-12,20H,2-5,7-8H2,1H3,(H,22,23,24). The van der Waals surface area contributed by atoms with Gasteiger partial charge in [-0.1, -0.05) is 0 Å². The lowest BCUT2D eigenvalue weighted by atomic mass is 9.92. The number of ether oxygens (including phenoxy) is 1. The average Bonchev–Trinajstić information content (AvgIpc) is 3.00. The first-order valence-corrected chi connectivity index (χ1v) is 9.68. The van der Waals surface area contributed by atoms with E-state index < -0.39 is 5.92 Å². The van der Waals surface area contributed by atoms with E-state index in [2.05, 4.69) is 25.6 Å². The Bertz CT molecular complexity index is 770. The molecular formula is C17H21F2N5OS. The fourth-order valence-corrected chi connectivity index (χ4v) is 3.75. The van der Waals surface area contributed by atoms with Crippen LogP contribution in [0.4, 0.5) is 14.6 Å². The second-order valence-electron chi connectivity index (χ2n) is 6.88. The summed E-state index contributed by atoms with van der Waals surface area (Å²) in [7, 11) is 0. The van der Waals surface area contributed by atoms with Gasteiger partial charge in [-0.15, -0.1) is 11.3 Å². The van der Waals surface area contributed by atoms with Crippen molar-refractivity contribution < 1.29 is 13.5 Å². The highest BCUT2D eigenvalue weighted by Crippen LogP contribution is 2.34. The van der Waals surface area contributed by atoms with Crippen LogP contribution >= 0.6 is 11.3 Å². The van der Waals surface area contributed by atoms with Gasteiger partial charge in [0, 0.05) is 49.1 Å². The molecule has 0 spiro atoms. The molecule has 0 aromatic carbocycles. The number of alkyl halides is 2. The number of hydrogen-bond acceptors (Lipinski definition) is 7. The lowest BCUT2D eigenvalue weighted by molar-refractivity contribution is -0.0361. The second kappa shape index (κ2) is 7.03. The van der Waals surface area contributed by atoms with Crippen molar-refractivity contribution in [3.05, 3.63) is 17.1 Å². The van der Waals surface area contributed by atoms with E-state index >= 15 is 0 Å². The zero-order valence-electron chi connectivity index (χ0n) is 14.5. The molecule has 2 aliphatic rings. The van der Waals surface area contributed by atoms with Gasteiger partial charge in [0.15, 0.2) is 10.8 Å². The van der Waals surface area contributed by atoms with E-state index in [4.69, 9.17) is 4.74 Å². The first kappa shape index (κ1) is 17.5. The largest absolute Gasteiger partial charge is 0.471 e. The molecule has 1 aliphatic carbocycles. The van der Waals surface area contributed by atoms with Crippen molar-refractivity contribution >= 4 is 17.2 Å². The summed E-state index contributed by atoms with van der Waals surface area (Å²) >= 11 is 1.47. The Morgan fingerprint density at radius 3 is 2.62 bits per heavy atom. The number of hydrogen-bond donors (Lipinski definition) is 2. The minimum Gasteiger partial charge on any atom is -0.471 e. The molecule has 0 unspecified atom stereocenters. The molecule has 0 radical (unpaired) electrons. The van der Waals surface area contributed by atoms with Gasteiger partial charge in [0.05, 0.1) is 0 Å². The smallest absolute Gasteiger partial charge is 0.248 e. The lowest BCUT2D eigenvalue weighted by Crippen LogP contribution is -2.50. The number of aromatic nitrogens is 3. The van der Waals surface area contributed by atoms with Crippen molar-refractivity contribution in [2.24, 2.45) is 0 Å². The number of nitrogens with zero attached hydrogens (tertiary/aromatic N) is 3. The highest BCUT2D eigenvalue weighted by Gasteiger charge is 2.35. The van der Waals surface area contributed by atoms with Crippen LogP contribution < -0.4 is 15.4 Å². The highest BCUT2D eigenvalue weighted by molar-refractivity contribution is 7.13. The first-order chi connectivity index (χ1) is 12.5. The maximum absolute atomic E-state index is 13.4. The maximum Gasteiger partial charge on any atom is 0.248 e. The third-order valence-electron chi connectivity index (χ3n) is 4.61. The fourth-order valence-electron chi connectivity index (χ4n) is 3.02. The van der Waals surface area contributed by atoms with Crippen molar-refractivity contribution in [2.45, 2.75) is 50.7 Å². The number of halogens is 2. The van der Waals surface area contributed by atoms with Crippen molar-refractivity contribution in [3.8, 4) is 16.7 Å². The van der Waals surface area contributed by atoms with Crippen molar-refractivity contribution in [2.75, 3.05) is 18.4 Å². The summed E-state index contributed by atoms with van der Waals surface area (Å²) in [6.07, 6.45) is 0.755. The topological polar surface area (TPSA) is 72.0 Å². The molecule has 0 amide bonds. The summed E-state index contributed by atoms with van der Waals surface area (Å²) in [6.45, 7) is 3.49. The molecule has 3 heterocycles. The highest BCUT2D eigenvalue weighted by atomic mass is 32.1. The molecule has 0 bridgehead atoms. The summed E-state index contributed by atoms with van der Waals surface area (Å²) in [5, 5.41) is 9.10. The quantitative estimate of drug-likeness (QED) is 0.828. The van der Waals surface area contributed by atoms with Crippen molar-refractivity contribution in [1.29, 1.82) is 0 Å². The predicted octanol–water partition coefficient (Wildman–Crippen LogP) is 3.25. The van der Waals surface area contributed by atoms with Gasteiger partial charge < -0.3 is 15.4 Å². The molecule has 1 aliphatic heterocycles. The average molecular weight is 381 g/mol. The minimum atomic E-state index is -2.54. The number of rotatable bonds is 5. The van der Waals surface area contributed by atoms with Crippen molar-refractivity contribution in [1.82, 2.24) is 20.3 Å². The summed E-state index contributed by atoms with van der Waals surface area (Å²) in [5.74, 6) is -0.964. The van der Waals surface area contributed by atoms with E-state index in [0.29, 0.717) is 30.4 Å². The van der Waals surface area contributed by atoms with E-state index in [1.54, 1.807) is 6.07 Å². The molecule has 26 heavy (non-hydrogen) atoms. The molecular weight excluding hydrogens is 360 g/mol. The Balaban J connectivity index is 1.55. The van der Waals surface area contributed by atoms with E-state index in [-0.39, 0.29) is 25.0 Å². The van der Waals surface area contributed by atoms with Gasteiger partial charge in [0.2, 0.25) is 11.8 Å². The van der Waals surface area contributed by atoms with Crippen LogP contribution in [-0.2, 0) is 0 Å². The normalized spacial score (nSPS) is 20.6. The van der Waals surface area contributed by atoms with Crippen LogP contribution in [0.25, 0.3) is 10.8 Å². The van der Waals surface area contributed by atoms with Gasteiger partial charge in [-0.25, -0.2) is 18.7 Å². The van der Waals surface area contributed by atoms with Gasteiger partial charge in [-0.3, -0.25) is 0 Å². The SMILES string of the molecule is Cc1csc(-c2nc(NC3CCC(F)(F)CC3)cc(OC3CNC3)n2)n1. The third-order valence-corrected chi connectivity index (χ3v) is 5.57. The Morgan fingerprint density at radius 1 is 1.23 bits per heavy atom. The zero-order chi connectivity index (χ0) is 18.1. The zero-order valence-corrected chi connectivity index (χ0v) is 15.3. The molecule has 140 valence electrons. The predicted molar refractivity (Wildman–Crippen MR) is 96.0 cm³/mol. The van der Waals surface area contributed by atoms with Gasteiger partial charge in [0.1, 0.15) is 11.9 Å². The molecule has 0 atom stereocenters.